The Kier molecular flexibility index (Phi) is 10.0. The van der Waals surface area contributed by atoms with Gasteiger partial charge in [-0.1, -0.05) is 37.3 Å². The normalized spacial score (nSPS) is 27.0. The van der Waals surface area contributed by atoms with E-state index >= 15 is 4.39 Å². The average molecular weight is 585 g/mol. The number of halogens is 1. The molecule has 0 aromatic heterocycles. The summed E-state index contributed by atoms with van der Waals surface area (Å²) in [6.07, 6.45) is 1.17. The Balaban J connectivity index is 1.78. The second-order valence-corrected chi connectivity index (χ2v) is 10.6. The largest absolute Gasteiger partial charge is 0.497 e. The molecule has 2 aliphatic rings. The molecule has 2 aromatic carbocycles. The maximum atomic E-state index is 16.1. The Bertz CT molecular complexity index is 1320. The van der Waals surface area contributed by atoms with Crippen molar-refractivity contribution < 1.29 is 47.1 Å². The number of hydrogen-bond acceptors (Lipinski definition) is 9. The summed E-state index contributed by atoms with van der Waals surface area (Å²) in [5, 5.41) is 0. The third kappa shape index (κ3) is 7.36. The van der Waals surface area contributed by atoms with Gasteiger partial charge in [0.25, 0.3) is 0 Å². The van der Waals surface area contributed by atoms with Crippen molar-refractivity contribution in [2.75, 3.05) is 21.0 Å². The molecule has 42 heavy (non-hydrogen) atoms. The first-order valence-electron chi connectivity index (χ1n) is 13.7. The van der Waals surface area contributed by atoms with Crippen LogP contribution in [0.25, 0.3) is 6.08 Å². The van der Waals surface area contributed by atoms with Crippen molar-refractivity contribution in [2.45, 2.75) is 64.3 Å². The van der Waals surface area contributed by atoms with Gasteiger partial charge in [0.1, 0.15) is 35.1 Å². The van der Waals surface area contributed by atoms with Crippen LogP contribution in [-0.4, -0.2) is 63.2 Å². The third-order valence-electron chi connectivity index (χ3n) is 7.03. The summed E-state index contributed by atoms with van der Waals surface area (Å²) in [5.74, 6) is -3.12. The molecule has 9 nitrogen and oxygen atoms in total. The zero-order chi connectivity index (χ0) is 30.4. The van der Waals surface area contributed by atoms with Crippen molar-refractivity contribution in [1.82, 2.24) is 0 Å². The molecule has 10 heteroatoms. The number of esters is 2. The van der Waals surface area contributed by atoms with Crippen LogP contribution in [0.5, 0.6) is 11.5 Å². The number of ether oxygens (including phenoxy) is 7. The molecule has 1 fully saturated rings. The Labute approximate surface area is 245 Å². The molecule has 0 aliphatic carbocycles. The van der Waals surface area contributed by atoms with Crippen LogP contribution in [0.2, 0.25) is 0 Å². The number of carbonyl (C=O) groups is 2. The molecule has 0 bridgehead atoms. The van der Waals surface area contributed by atoms with Crippen molar-refractivity contribution in [3.8, 4) is 11.5 Å². The number of carbonyl (C=O) groups excluding carboxylic acids is 2. The van der Waals surface area contributed by atoms with Crippen LogP contribution < -0.4 is 9.47 Å². The summed E-state index contributed by atoms with van der Waals surface area (Å²) >= 11 is 0. The summed E-state index contributed by atoms with van der Waals surface area (Å²) < 4.78 is 56.0. The van der Waals surface area contributed by atoms with Crippen LogP contribution in [0.3, 0.4) is 0 Å². The van der Waals surface area contributed by atoms with Crippen molar-refractivity contribution >= 4 is 18.0 Å². The van der Waals surface area contributed by atoms with E-state index in [-0.39, 0.29) is 30.1 Å². The maximum Gasteiger partial charge on any atom is 0.342 e. The fourth-order valence-corrected chi connectivity index (χ4v) is 4.80. The first-order chi connectivity index (χ1) is 20.0. The van der Waals surface area contributed by atoms with E-state index in [2.05, 4.69) is 0 Å². The first-order valence-corrected chi connectivity index (χ1v) is 13.7. The molecule has 0 spiro atoms. The number of fused-ring (bicyclic) bond motifs is 2. The highest BCUT2D eigenvalue weighted by molar-refractivity contribution is 5.97. The quantitative estimate of drug-likeness (QED) is 0.305. The lowest BCUT2D eigenvalue weighted by molar-refractivity contribution is -0.154. The van der Waals surface area contributed by atoms with E-state index in [1.54, 1.807) is 82.3 Å². The Morgan fingerprint density at radius 3 is 2.52 bits per heavy atom. The standard InChI is InChI=1S/C32H37FO9/c1-19-15-24(33)28(40-30(34)21-11-8-7-9-12-21)29-25(41-32(3,4)42-29)14-10-13-22-16-23(37-6)17-26(38-18-36-5)27(22)31(35)39-20(19)2/h7-13,15-17,19-20,25,28-29H,14,18H2,1-6H3/b13-10?,24-15+/t19-,20+,25+,28?,29+/m1/s1. The molecular formula is C32H37FO9. The summed E-state index contributed by atoms with van der Waals surface area (Å²) in [7, 11) is 2.97. The van der Waals surface area contributed by atoms with Gasteiger partial charge in [0.2, 0.25) is 0 Å². The van der Waals surface area contributed by atoms with Crippen molar-refractivity contribution in [2.24, 2.45) is 5.92 Å². The number of rotatable bonds is 6. The van der Waals surface area contributed by atoms with E-state index < -0.39 is 53.9 Å². The lowest BCUT2D eigenvalue weighted by Gasteiger charge is -2.27. The third-order valence-corrected chi connectivity index (χ3v) is 7.03. The zero-order valence-corrected chi connectivity index (χ0v) is 24.6. The van der Waals surface area contributed by atoms with Crippen LogP contribution in [0, 0.1) is 5.92 Å². The first kappa shape index (κ1) is 31.2. The lowest BCUT2D eigenvalue weighted by Crippen LogP contribution is -2.39. The molecule has 4 rings (SSSR count). The highest BCUT2D eigenvalue weighted by Crippen LogP contribution is 2.37. The molecule has 1 saturated heterocycles. The minimum atomic E-state index is -1.41. The van der Waals surface area contributed by atoms with E-state index in [4.69, 9.17) is 33.2 Å². The van der Waals surface area contributed by atoms with Gasteiger partial charge in [-0.2, -0.15) is 0 Å². The molecule has 0 saturated carbocycles. The molecule has 0 N–H and O–H groups in total. The molecule has 0 amide bonds. The molecule has 2 aliphatic heterocycles. The summed E-state index contributed by atoms with van der Waals surface area (Å²) in [4.78, 5) is 26.5. The predicted octanol–water partition coefficient (Wildman–Crippen LogP) is 5.88. The Morgan fingerprint density at radius 2 is 1.83 bits per heavy atom. The molecule has 1 unspecified atom stereocenters. The molecule has 2 heterocycles. The van der Waals surface area contributed by atoms with Gasteiger partial charge in [0.15, 0.2) is 18.7 Å². The van der Waals surface area contributed by atoms with Gasteiger partial charge >= 0.3 is 11.9 Å². The highest BCUT2D eigenvalue weighted by atomic mass is 19.1. The molecular weight excluding hydrogens is 547 g/mol. The molecule has 226 valence electrons. The van der Waals surface area contributed by atoms with E-state index in [0.29, 0.717) is 11.3 Å². The minimum absolute atomic E-state index is 0.108. The summed E-state index contributed by atoms with van der Waals surface area (Å²) in [5.41, 5.74) is 0.914. The van der Waals surface area contributed by atoms with Gasteiger partial charge in [-0.15, -0.1) is 0 Å². The number of benzene rings is 2. The average Bonchev–Trinajstić information content (AvgIpc) is 3.27. The van der Waals surface area contributed by atoms with Crippen LogP contribution >= 0.6 is 0 Å². The molecule has 5 atom stereocenters. The SMILES string of the molecule is COCOc1cc(OC)cc2c1C(=O)O[C@@H](C)[C@H](C)/C=C(/F)C(OC(=O)c1ccccc1)[C@H]1OC(C)(C)O[C@H]1CC=C2. The predicted molar refractivity (Wildman–Crippen MR) is 152 cm³/mol. The van der Waals surface area contributed by atoms with Crippen LogP contribution in [0.15, 0.2) is 60.4 Å². The second kappa shape index (κ2) is 13.5. The van der Waals surface area contributed by atoms with E-state index in [1.807, 2.05) is 0 Å². The maximum absolute atomic E-state index is 16.1. The monoisotopic (exact) mass is 584 g/mol. The number of hydrogen-bond donors (Lipinski definition) is 0. The second-order valence-electron chi connectivity index (χ2n) is 10.6. The van der Waals surface area contributed by atoms with Crippen molar-refractivity contribution in [3.05, 3.63) is 77.1 Å². The number of methoxy groups -OCH3 is 2. The Morgan fingerprint density at radius 1 is 1.10 bits per heavy atom. The fourth-order valence-electron chi connectivity index (χ4n) is 4.80. The van der Waals surface area contributed by atoms with Gasteiger partial charge in [0.05, 0.1) is 18.8 Å². The topological polar surface area (TPSA) is 98.8 Å². The number of cyclic esters (lactones) is 1. The van der Waals surface area contributed by atoms with Gasteiger partial charge in [0, 0.05) is 19.1 Å². The lowest BCUT2D eigenvalue weighted by atomic mass is 9.98. The molecule has 0 radical (unpaired) electrons. The minimum Gasteiger partial charge on any atom is -0.497 e. The van der Waals surface area contributed by atoms with E-state index in [0.717, 1.165) is 0 Å². The van der Waals surface area contributed by atoms with Gasteiger partial charge in [-0.3, -0.25) is 0 Å². The van der Waals surface area contributed by atoms with E-state index in [9.17, 15) is 9.59 Å². The Hall–Kier alpha value is -3.73. The van der Waals surface area contributed by atoms with Crippen molar-refractivity contribution in [3.63, 3.8) is 0 Å². The van der Waals surface area contributed by atoms with Gasteiger partial charge in [-0.25, -0.2) is 14.0 Å². The summed E-state index contributed by atoms with van der Waals surface area (Å²) in [6.45, 7) is 6.67. The van der Waals surface area contributed by atoms with Gasteiger partial charge < -0.3 is 33.2 Å². The fraction of sp³-hybridized carbons (Fsp3) is 0.438. The smallest absolute Gasteiger partial charge is 0.342 e. The van der Waals surface area contributed by atoms with Crippen LogP contribution in [0.1, 0.15) is 60.4 Å². The van der Waals surface area contributed by atoms with E-state index in [1.165, 1.54) is 20.3 Å². The van der Waals surface area contributed by atoms with Crippen LogP contribution in [0.4, 0.5) is 4.39 Å². The molecule has 2 aromatic rings. The van der Waals surface area contributed by atoms with Crippen molar-refractivity contribution in [1.29, 1.82) is 0 Å². The summed E-state index contributed by atoms with van der Waals surface area (Å²) in [6, 6.07) is 11.6. The van der Waals surface area contributed by atoms with Crippen LogP contribution in [-0.2, 0) is 23.7 Å². The highest BCUT2D eigenvalue weighted by Gasteiger charge is 2.48. The van der Waals surface area contributed by atoms with Gasteiger partial charge in [-0.05, 0) is 57.0 Å². The zero-order valence-electron chi connectivity index (χ0n) is 24.6.